The molecule has 1 aromatic carbocycles. The molecule has 1 aromatic heterocycles. The standard InChI is InChI=1S/C23H31N5O2.ClH/c1-22(2)12-15(13-23(3,4)27-22)28(5)21-9-8-18(24-25-21)17-10-14-6-7-19(26-30)16(14)11-20(17)29;/h8-11,15,27,29-30H,6-7,12-13H2,1-5H3;1H. The van der Waals surface area contributed by atoms with E-state index in [9.17, 15) is 5.11 Å². The molecule has 0 atom stereocenters. The van der Waals surface area contributed by atoms with Crippen molar-refractivity contribution in [2.45, 2.75) is 70.5 Å². The zero-order valence-corrected chi connectivity index (χ0v) is 19.6. The lowest BCUT2D eigenvalue weighted by atomic mass is 9.79. The Balaban J connectivity index is 0.00000272. The Hall–Kier alpha value is -2.38. The number of rotatable bonds is 3. The molecular weight excluding hydrogens is 414 g/mol. The van der Waals surface area contributed by atoms with Crippen molar-refractivity contribution in [2.24, 2.45) is 5.16 Å². The maximum absolute atomic E-state index is 10.5. The van der Waals surface area contributed by atoms with Gasteiger partial charge in [-0.15, -0.1) is 22.6 Å². The van der Waals surface area contributed by atoms with Crippen molar-refractivity contribution in [2.75, 3.05) is 11.9 Å². The quantitative estimate of drug-likeness (QED) is 0.485. The molecule has 7 nitrogen and oxygen atoms in total. The third kappa shape index (κ3) is 4.62. The molecule has 0 radical (unpaired) electrons. The Kier molecular flexibility index (Phi) is 6.22. The average Bonchev–Trinajstić information content (AvgIpc) is 3.06. The van der Waals surface area contributed by atoms with Crippen LogP contribution in [0.25, 0.3) is 11.3 Å². The molecule has 4 rings (SSSR count). The summed E-state index contributed by atoms with van der Waals surface area (Å²) in [5, 5.41) is 35.6. The van der Waals surface area contributed by atoms with Crippen LogP contribution < -0.4 is 10.2 Å². The van der Waals surface area contributed by atoms with Crippen LogP contribution in [-0.2, 0) is 6.42 Å². The zero-order valence-electron chi connectivity index (χ0n) is 18.8. The highest BCUT2D eigenvalue weighted by Gasteiger charge is 2.39. The maximum Gasteiger partial charge on any atom is 0.151 e. The summed E-state index contributed by atoms with van der Waals surface area (Å²) in [6.07, 6.45) is 3.51. The van der Waals surface area contributed by atoms with Gasteiger partial charge in [0.1, 0.15) is 5.75 Å². The Labute approximate surface area is 190 Å². The van der Waals surface area contributed by atoms with E-state index in [0.717, 1.165) is 36.2 Å². The van der Waals surface area contributed by atoms with Gasteiger partial charge in [-0.25, -0.2) is 0 Å². The SMILES string of the molecule is CN(c1ccc(-c2cc3c(cc2O)C(=NO)CC3)nn1)C1CC(C)(C)NC(C)(C)C1.Cl. The van der Waals surface area contributed by atoms with Gasteiger partial charge in [-0.1, -0.05) is 5.16 Å². The van der Waals surface area contributed by atoms with E-state index in [0.29, 0.717) is 29.4 Å². The number of phenols is 1. The predicted molar refractivity (Wildman–Crippen MR) is 126 cm³/mol. The van der Waals surface area contributed by atoms with Crippen molar-refractivity contribution in [3.05, 3.63) is 35.4 Å². The van der Waals surface area contributed by atoms with Crippen molar-refractivity contribution in [1.29, 1.82) is 0 Å². The van der Waals surface area contributed by atoms with Crippen LogP contribution in [0.5, 0.6) is 5.75 Å². The van der Waals surface area contributed by atoms with E-state index in [1.54, 1.807) is 6.07 Å². The molecule has 0 spiro atoms. The van der Waals surface area contributed by atoms with E-state index < -0.39 is 0 Å². The first-order valence-electron chi connectivity index (χ1n) is 10.5. The van der Waals surface area contributed by atoms with Crippen LogP contribution in [0.2, 0.25) is 0 Å². The van der Waals surface area contributed by atoms with Gasteiger partial charge in [0.2, 0.25) is 0 Å². The highest BCUT2D eigenvalue weighted by atomic mass is 35.5. The monoisotopic (exact) mass is 445 g/mol. The van der Waals surface area contributed by atoms with Gasteiger partial charge < -0.3 is 20.5 Å². The average molecular weight is 446 g/mol. The normalized spacial score (nSPS) is 20.9. The van der Waals surface area contributed by atoms with E-state index in [1.807, 2.05) is 18.2 Å². The van der Waals surface area contributed by atoms with Crippen LogP contribution in [-0.4, -0.2) is 50.4 Å². The Bertz CT molecular complexity index is 972. The Morgan fingerprint density at radius 3 is 2.29 bits per heavy atom. The molecule has 2 aromatic rings. The molecule has 1 aliphatic carbocycles. The number of hydrogen-bond donors (Lipinski definition) is 3. The van der Waals surface area contributed by atoms with Gasteiger partial charge >= 0.3 is 0 Å². The number of aromatic nitrogens is 2. The lowest BCUT2D eigenvalue weighted by molar-refractivity contribution is 0.160. The number of nitrogens with one attached hydrogen (secondary N) is 1. The molecule has 1 saturated heterocycles. The number of phenolic OH excluding ortho intramolecular Hbond substituents is 1. The molecule has 0 saturated carbocycles. The molecule has 8 heteroatoms. The number of nitrogens with zero attached hydrogens (tertiary/aromatic N) is 4. The van der Waals surface area contributed by atoms with Gasteiger partial charge in [-0.3, -0.25) is 0 Å². The maximum atomic E-state index is 10.5. The summed E-state index contributed by atoms with van der Waals surface area (Å²) in [6.45, 7) is 8.97. The Morgan fingerprint density at radius 1 is 1.03 bits per heavy atom. The van der Waals surface area contributed by atoms with Gasteiger partial charge in [0.15, 0.2) is 5.82 Å². The molecule has 3 N–H and O–H groups in total. The number of oxime groups is 1. The van der Waals surface area contributed by atoms with E-state index >= 15 is 0 Å². The van der Waals surface area contributed by atoms with Crippen LogP contribution in [0.3, 0.4) is 0 Å². The molecule has 0 amide bonds. The topological polar surface area (TPSA) is 93.9 Å². The number of anilines is 1. The fourth-order valence-electron chi connectivity index (χ4n) is 5.19. The van der Waals surface area contributed by atoms with Crippen molar-refractivity contribution in [1.82, 2.24) is 15.5 Å². The second-order valence-electron chi connectivity index (χ2n) is 9.92. The second kappa shape index (κ2) is 8.28. The minimum absolute atomic E-state index is 0. The van der Waals surface area contributed by atoms with E-state index in [-0.39, 0.29) is 29.2 Å². The number of halogens is 1. The smallest absolute Gasteiger partial charge is 0.151 e. The number of fused-ring (bicyclic) bond motifs is 1. The number of piperidine rings is 1. The predicted octanol–water partition coefficient (Wildman–Crippen LogP) is 4.14. The number of hydrogen-bond acceptors (Lipinski definition) is 7. The third-order valence-electron chi connectivity index (χ3n) is 6.29. The summed E-state index contributed by atoms with van der Waals surface area (Å²) in [4.78, 5) is 2.22. The molecule has 1 aliphatic heterocycles. The van der Waals surface area contributed by atoms with Crippen LogP contribution >= 0.6 is 12.4 Å². The van der Waals surface area contributed by atoms with E-state index in [2.05, 4.69) is 60.3 Å². The summed E-state index contributed by atoms with van der Waals surface area (Å²) < 4.78 is 0. The molecule has 1 fully saturated rings. The van der Waals surface area contributed by atoms with Crippen LogP contribution in [0, 0.1) is 0 Å². The van der Waals surface area contributed by atoms with Crippen LogP contribution in [0.4, 0.5) is 5.82 Å². The van der Waals surface area contributed by atoms with Crippen molar-refractivity contribution < 1.29 is 10.3 Å². The van der Waals surface area contributed by atoms with Gasteiger partial charge in [-0.05, 0) is 83.2 Å². The highest BCUT2D eigenvalue weighted by molar-refractivity contribution is 6.05. The highest BCUT2D eigenvalue weighted by Crippen LogP contribution is 2.36. The van der Waals surface area contributed by atoms with E-state index in [1.165, 1.54) is 0 Å². The first-order chi connectivity index (χ1) is 14.1. The molecule has 2 aliphatic rings. The fraction of sp³-hybridized carbons (Fsp3) is 0.522. The molecule has 2 heterocycles. The first kappa shape index (κ1) is 23.3. The summed E-state index contributed by atoms with van der Waals surface area (Å²) in [7, 11) is 2.08. The molecule has 0 unspecified atom stereocenters. The van der Waals surface area contributed by atoms with Gasteiger partial charge in [-0.2, -0.15) is 0 Å². The first-order valence-corrected chi connectivity index (χ1v) is 10.5. The minimum Gasteiger partial charge on any atom is -0.507 e. The minimum atomic E-state index is 0. The van der Waals surface area contributed by atoms with Crippen LogP contribution in [0.15, 0.2) is 29.4 Å². The van der Waals surface area contributed by atoms with Gasteiger partial charge in [0.25, 0.3) is 0 Å². The van der Waals surface area contributed by atoms with Gasteiger partial charge in [0.05, 0.1) is 11.4 Å². The number of aryl methyl sites for hydroxylation is 1. The largest absolute Gasteiger partial charge is 0.507 e. The second-order valence-corrected chi connectivity index (χ2v) is 9.92. The molecule has 0 bridgehead atoms. The molecule has 168 valence electrons. The fourth-order valence-corrected chi connectivity index (χ4v) is 5.19. The van der Waals surface area contributed by atoms with Crippen LogP contribution in [0.1, 0.15) is 58.1 Å². The zero-order chi connectivity index (χ0) is 21.7. The van der Waals surface area contributed by atoms with Crippen molar-refractivity contribution >= 4 is 23.9 Å². The summed E-state index contributed by atoms with van der Waals surface area (Å²) >= 11 is 0. The van der Waals surface area contributed by atoms with Crippen molar-refractivity contribution in [3.63, 3.8) is 0 Å². The lowest BCUT2D eigenvalue weighted by Crippen LogP contribution is -2.62. The molecular formula is C23H32ClN5O2. The van der Waals surface area contributed by atoms with Gasteiger partial charge in [0, 0.05) is 35.3 Å². The number of aromatic hydroxyl groups is 1. The molecule has 31 heavy (non-hydrogen) atoms. The lowest BCUT2D eigenvalue weighted by Gasteiger charge is -2.49. The summed E-state index contributed by atoms with van der Waals surface area (Å²) in [6, 6.07) is 7.83. The third-order valence-corrected chi connectivity index (χ3v) is 6.29. The summed E-state index contributed by atoms with van der Waals surface area (Å²) in [5.74, 6) is 0.946. The Morgan fingerprint density at radius 2 is 1.71 bits per heavy atom. The van der Waals surface area contributed by atoms with E-state index in [4.69, 9.17) is 5.21 Å². The van der Waals surface area contributed by atoms with Crippen molar-refractivity contribution in [3.8, 4) is 17.0 Å². The summed E-state index contributed by atoms with van der Waals surface area (Å²) in [5.41, 5.74) is 3.87. The number of benzene rings is 1.